The molecule has 2 aromatic carbocycles. The Morgan fingerprint density at radius 2 is 1.92 bits per heavy atom. The third-order valence-corrected chi connectivity index (χ3v) is 3.07. The molecule has 3 aromatic rings. The van der Waals surface area contributed by atoms with Crippen LogP contribution in [0.25, 0.3) is 11.4 Å². The van der Waals surface area contributed by atoms with Crippen LogP contribution < -0.4 is 5.43 Å². The summed E-state index contributed by atoms with van der Waals surface area (Å²) in [6, 6.07) is 15.4. The van der Waals surface area contributed by atoms with Crippen LogP contribution in [0.3, 0.4) is 0 Å². The molecule has 1 heterocycles. The summed E-state index contributed by atoms with van der Waals surface area (Å²) in [5.74, 6) is -0.432. The second-order valence-electron chi connectivity index (χ2n) is 4.82. The van der Waals surface area contributed by atoms with Gasteiger partial charge in [-0.25, -0.2) is 9.82 Å². The van der Waals surface area contributed by atoms with Crippen LogP contribution in [-0.4, -0.2) is 32.3 Å². The maximum Gasteiger partial charge on any atom is 0.263 e. The highest BCUT2D eigenvalue weighted by molar-refractivity contribution is 5.82. The van der Waals surface area contributed by atoms with Crippen molar-refractivity contribution in [2.45, 2.75) is 6.54 Å². The molecule has 0 unspecified atom stereocenters. The van der Waals surface area contributed by atoms with Gasteiger partial charge in [-0.05, 0) is 11.3 Å². The molecule has 1 N–H and O–H groups in total. The molecule has 8 heteroatoms. The normalized spacial score (nSPS) is 10.9. The molecule has 0 radical (unpaired) electrons. The number of nitrogens with zero attached hydrogens (tertiary/aromatic N) is 5. The molecule has 0 spiro atoms. The molecule has 0 aliphatic carbocycles. The summed E-state index contributed by atoms with van der Waals surface area (Å²) in [5.41, 5.74) is 3.38. The Morgan fingerprint density at radius 3 is 2.71 bits per heavy atom. The number of tetrazole rings is 1. The molecule has 0 bridgehead atoms. The van der Waals surface area contributed by atoms with E-state index in [1.54, 1.807) is 18.2 Å². The third-order valence-electron chi connectivity index (χ3n) is 3.07. The average Bonchev–Trinajstić information content (AvgIpc) is 3.06. The first kappa shape index (κ1) is 15.5. The van der Waals surface area contributed by atoms with E-state index in [0.717, 1.165) is 10.4 Å². The first-order valence-electron chi connectivity index (χ1n) is 7.12. The Morgan fingerprint density at radius 1 is 1.17 bits per heavy atom. The van der Waals surface area contributed by atoms with Crippen molar-refractivity contribution in [1.29, 1.82) is 0 Å². The molecule has 3 rings (SSSR count). The number of carbonyl (C=O) groups is 1. The molecule has 120 valence electrons. The van der Waals surface area contributed by atoms with Crippen LogP contribution >= 0.6 is 0 Å². The number of benzene rings is 2. The van der Waals surface area contributed by atoms with Crippen LogP contribution in [0.15, 0.2) is 59.7 Å². The Kier molecular flexibility index (Phi) is 4.66. The van der Waals surface area contributed by atoms with E-state index < -0.39 is 11.7 Å². The van der Waals surface area contributed by atoms with Crippen LogP contribution in [0.1, 0.15) is 5.56 Å². The lowest BCUT2D eigenvalue weighted by atomic mass is 10.2. The molecule has 7 nitrogen and oxygen atoms in total. The summed E-state index contributed by atoms with van der Waals surface area (Å²) in [5, 5.41) is 15.5. The molecular formula is C16H13FN6O. The topological polar surface area (TPSA) is 85.1 Å². The van der Waals surface area contributed by atoms with Crippen LogP contribution in [0, 0.1) is 5.82 Å². The fraction of sp³-hybridized carbons (Fsp3) is 0.0625. The van der Waals surface area contributed by atoms with E-state index in [2.05, 4.69) is 25.9 Å². The second kappa shape index (κ2) is 7.23. The van der Waals surface area contributed by atoms with E-state index in [4.69, 9.17) is 0 Å². The SMILES string of the molecule is O=C(Cn1nnc(-c2ccccc2)n1)NN=Cc1ccccc1F. The lowest BCUT2D eigenvalue weighted by Crippen LogP contribution is -2.24. The van der Waals surface area contributed by atoms with Gasteiger partial charge in [0.25, 0.3) is 5.91 Å². The molecule has 0 atom stereocenters. The Bertz CT molecular complexity index is 862. The van der Waals surface area contributed by atoms with Gasteiger partial charge in [-0.3, -0.25) is 4.79 Å². The Labute approximate surface area is 136 Å². The van der Waals surface area contributed by atoms with E-state index in [1.165, 1.54) is 12.3 Å². The van der Waals surface area contributed by atoms with Crippen molar-refractivity contribution in [3.05, 3.63) is 66.0 Å². The summed E-state index contributed by atoms with van der Waals surface area (Å²) >= 11 is 0. The highest BCUT2D eigenvalue weighted by Crippen LogP contribution is 2.11. The van der Waals surface area contributed by atoms with E-state index >= 15 is 0 Å². The molecule has 0 saturated carbocycles. The first-order valence-corrected chi connectivity index (χ1v) is 7.12. The quantitative estimate of drug-likeness (QED) is 0.571. The number of halogens is 1. The molecule has 1 amide bonds. The van der Waals surface area contributed by atoms with Crippen molar-refractivity contribution in [3.8, 4) is 11.4 Å². The smallest absolute Gasteiger partial charge is 0.263 e. The number of amides is 1. The summed E-state index contributed by atoms with van der Waals surface area (Å²) in [6.45, 7) is -0.144. The number of rotatable bonds is 5. The zero-order chi connectivity index (χ0) is 16.8. The van der Waals surface area contributed by atoms with Crippen LogP contribution in [0.5, 0.6) is 0 Å². The van der Waals surface area contributed by atoms with Gasteiger partial charge in [-0.2, -0.15) is 9.90 Å². The highest BCUT2D eigenvalue weighted by atomic mass is 19.1. The number of carbonyl (C=O) groups excluding carboxylic acids is 1. The zero-order valence-electron chi connectivity index (χ0n) is 12.5. The lowest BCUT2D eigenvalue weighted by molar-refractivity contribution is -0.122. The minimum absolute atomic E-state index is 0.144. The van der Waals surface area contributed by atoms with E-state index in [9.17, 15) is 9.18 Å². The number of nitrogens with one attached hydrogen (secondary N) is 1. The minimum Gasteiger partial charge on any atom is -0.271 e. The van der Waals surface area contributed by atoms with E-state index in [1.807, 2.05) is 30.3 Å². The number of hydrogen-bond donors (Lipinski definition) is 1. The van der Waals surface area contributed by atoms with Crippen molar-refractivity contribution in [3.63, 3.8) is 0 Å². The standard InChI is InChI=1S/C16H13FN6O/c17-14-9-5-4-8-13(14)10-18-19-15(24)11-23-21-16(20-22-23)12-6-2-1-3-7-12/h1-10H,11H2,(H,19,24). The summed E-state index contributed by atoms with van der Waals surface area (Å²) < 4.78 is 13.4. The van der Waals surface area contributed by atoms with Gasteiger partial charge in [-0.15, -0.1) is 10.2 Å². The van der Waals surface area contributed by atoms with Gasteiger partial charge in [0, 0.05) is 11.1 Å². The molecule has 24 heavy (non-hydrogen) atoms. The van der Waals surface area contributed by atoms with Gasteiger partial charge in [0.15, 0.2) is 0 Å². The predicted octanol–water partition coefficient (Wildman–Crippen LogP) is 1.63. The maximum absolute atomic E-state index is 13.4. The van der Waals surface area contributed by atoms with Crippen molar-refractivity contribution in [1.82, 2.24) is 25.6 Å². The predicted molar refractivity (Wildman–Crippen MR) is 85.4 cm³/mol. The molecule has 0 saturated heterocycles. The third kappa shape index (κ3) is 3.86. The summed E-state index contributed by atoms with van der Waals surface area (Å²) in [7, 11) is 0. The number of hydrogen-bond acceptors (Lipinski definition) is 5. The highest BCUT2D eigenvalue weighted by Gasteiger charge is 2.08. The molecule has 0 aliphatic heterocycles. The van der Waals surface area contributed by atoms with Gasteiger partial charge < -0.3 is 0 Å². The first-order chi connectivity index (χ1) is 11.7. The summed E-state index contributed by atoms with van der Waals surface area (Å²) in [6.07, 6.45) is 1.23. The minimum atomic E-state index is -0.445. The van der Waals surface area contributed by atoms with Crippen molar-refractivity contribution in [2.75, 3.05) is 0 Å². The van der Waals surface area contributed by atoms with Gasteiger partial charge >= 0.3 is 0 Å². The van der Waals surface area contributed by atoms with Gasteiger partial charge in [-0.1, -0.05) is 48.5 Å². The van der Waals surface area contributed by atoms with E-state index in [0.29, 0.717) is 5.82 Å². The van der Waals surface area contributed by atoms with Crippen molar-refractivity contribution < 1.29 is 9.18 Å². The van der Waals surface area contributed by atoms with Crippen LogP contribution in [0.2, 0.25) is 0 Å². The molecular weight excluding hydrogens is 311 g/mol. The molecule has 0 aliphatic rings. The van der Waals surface area contributed by atoms with Crippen LogP contribution in [0.4, 0.5) is 4.39 Å². The molecule has 1 aromatic heterocycles. The number of aromatic nitrogens is 4. The fourth-order valence-corrected chi connectivity index (χ4v) is 1.93. The molecule has 0 fully saturated rings. The second-order valence-corrected chi connectivity index (χ2v) is 4.82. The lowest BCUT2D eigenvalue weighted by Gasteiger charge is -1.98. The van der Waals surface area contributed by atoms with Crippen molar-refractivity contribution >= 4 is 12.1 Å². The van der Waals surface area contributed by atoms with Crippen LogP contribution in [-0.2, 0) is 11.3 Å². The van der Waals surface area contributed by atoms with Gasteiger partial charge in [0.2, 0.25) is 5.82 Å². The van der Waals surface area contributed by atoms with E-state index in [-0.39, 0.29) is 12.1 Å². The number of hydrazone groups is 1. The average molecular weight is 324 g/mol. The maximum atomic E-state index is 13.4. The summed E-state index contributed by atoms with van der Waals surface area (Å²) in [4.78, 5) is 12.9. The fourth-order valence-electron chi connectivity index (χ4n) is 1.93. The van der Waals surface area contributed by atoms with Gasteiger partial charge in [0.1, 0.15) is 12.4 Å². The monoisotopic (exact) mass is 324 g/mol. The Balaban J connectivity index is 1.58. The largest absolute Gasteiger partial charge is 0.271 e. The van der Waals surface area contributed by atoms with Crippen molar-refractivity contribution in [2.24, 2.45) is 5.10 Å². The van der Waals surface area contributed by atoms with Gasteiger partial charge in [0.05, 0.1) is 6.21 Å². The zero-order valence-corrected chi connectivity index (χ0v) is 12.5. The Hall–Kier alpha value is -3.42.